The van der Waals surface area contributed by atoms with E-state index < -0.39 is 16.0 Å². The summed E-state index contributed by atoms with van der Waals surface area (Å²) in [4.78, 5) is 11.1. The summed E-state index contributed by atoms with van der Waals surface area (Å²) >= 11 is 0.894. The van der Waals surface area contributed by atoms with Gasteiger partial charge in [-0.05, 0) is 30.3 Å². The van der Waals surface area contributed by atoms with Crippen molar-refractivity contribution in [3.8, 4) is 0 Å². The van der Waals surface area contributed by atoms with Gasteiger partial charge in [0.1, 0.15) is 15.9 Å². The number of aromatic nitrogens is 2. The van der Waals surface area contributed by atoms with Gasteiger partial charge in [-0.1, -0.05) is 6.07 Å². The highest BCUT2D eigenvalue weighted by atomic mass is 32.2. The second-order valence-electron chi connectivity index (χ2n) is 4.60. The molecule has 0 radical (unpaired) electrons. The number of carbonyl (C=O) groups is 1. The Hall–Kier alpha value is -2.72. The average molecular weight is 350 g/mol. The van der Waals surface area contributed by atoms with Crippen LogP contribution < -0.4 is 10.5 Å². The normalized spacial score (nSPS) is 11.5. The van der Waals surface area contributed by atoms with Crippen molar-refractivity contribution in [3.63, 3.8) is 0 Å². The van der Waals surface area contributed by atoms with Crippen LogP contribution >= 0.6 is 11.7 Å². The van der Waals surface area contributed by atoms with Crippen LogP contribution in [0.3, 0.4) is 0 Å². The SMILES string of the molecule is Nc1ccc(C(=O)O)c(NS(=O)(=O)c2cccc3nsnc23)c1. The maximum atomic E-state index is 12.6. The topological polar surface area (TPSA) is 135 Å². The summed E-state index contributed by atoms with van der Waals surface area (Å²) in [6, 6.07) is 8.42. The van der Waals surface area contributed by atoms with Gasteiger partial charge in [0.2, 0.25) is 0 Å². The molecule has 0 unspecified atom stereocenters. The van der Waals surface area contributed by atoms with E-state index in [1.54, 1.807) is 6.07 Å². The lowest BCUT2D eigenvalue weighted by Gasteiger charge is -2.11. The molecule has 0 fully saturated rings. The van der Waals surface area contributed by atoms with Crippen molar-refractivity contribution >= 4 is 50.1 Å². The number of hydrogen-bond donors (Lipinski definition) is 3. The van der Waals surface area contributed by atoms with Crippen LogP contribution in [0, 0.1) is 0 Å². The molecule has 0 spiro atoms. The molecule has 3 aromatic rings. The smallest absolute Gasteiger partial charge is 0.337 e. The molecule has 0 aliphatic carbocycles. The van der Waals surface area contributed by atoms with Crippen molar-refractivity contribution in [2.24, 2.45) is 0 Å². The van der Waals surface area contributed by atoms with Gasteiger partial charge < -0.3 is 10.8 Å². The molecule has 4 N–H and O–H groups in total. The van der Waals surface area contributed by atoms with Crippen LogP contribution in [-0.2, 0) is 10.0 Å². The molecule has 1 aromatic heterocycles. The fourth-order valence-corrected chi connectivity index (χ4v) is 3.87. The van der Waals surface area contributed by atoms with Crippen LogP contribution in [0.4, 0.5) is 11.4 Å². The molecule has 0 atom stereocenters. The van der Waals surface area contributed by atoms with Crippen molar-refractivity contribution < 1.29 is 18.3 Å². The van der Waals surface area contributed by atoms with Gasteiger partial charge in [-0.15, -0.1) is 0 Å². The maximum absolute atomic E-state index is 12.6. The second kappa shape index (κ2) is 5.48. The Morgan fingerprint density at radius 3 is 2.74 bits per heavy atom. The molecule has 8 nitrogen and oxygen atoms in total. The Morgan fingerprint density at radius 1 is 1.22 bits per heavy atom. The van der Waals surface area contributed by atoms with E-state index >= 15 is 0 Å². The number of fused-ring (bicyclic) bond motifs is 1. The summed E-state index contributed by atoms with van der Waals surface area (Å²) in [5.41, 5.74) is 6.21. The van der Waals surface area contributed by atoms with Crippen molar-refractivity contribution in [1.29, 1.82) is 0 Å². The van der Waals surface area contributed by atoms with Crippen LogP contribution in [0.1, 0.15) is 10.4 Å². The summed E-state index contributed by atoms with van der Waals surface area (Å²) in [7, 11) is -4.05. The number of anilines is 2. The first-order valence-corrected chi connectivity index (χ1v) is 8.47. The molecule has 2 aromatic carbocycles. The van der Waals surface area contributed by atoms with Crippen LogP contribution in [-0.4, -0.2) is 28.2 Å². The lowest BCUT2D eigenvalue weighted by Crippen LogP contribution is -2.16. The second-order valence-corrected chi connectivity index (χ2v) is 6.78. The van der Waals surface area contributed by atoms with Crippen LogP contribution in [0.2, 0.25) is 0 Å². The molecule has 0 saturated heterocycles. The Kier molecular flexibility index (Phi) is 3.62. The number of aromatic carboxylic acids is 1. The first-order chi connectivity index (χ1) is 10.9. The zero-order valence-corrected chi connectivity index (χ0v) is 13.1. The molecule has 0 aliphatic heterocycles. The van der Waals surface area contributed by atoms with Gasteiger partial charge in [-0.2, -0.15) is 8.75 Å². The summed E-state index contributed by atoms with van der Waals surface area (Å²) in [6.45, 7) is 0. The number of rotatable bonds is 4. The zero-order valence-electron chi connectivity index (χ0n) is 11.4. The van der Waals surface area contributed by atoms with E-state index in [1.807, 2.05) is 0 Å². The van der Waals surface area contributed by atoms with Crippen molar-refractivity contribution in [2.45, 2.75) is 4.90 Å². The van der Waals surface area contributed by atoms with E-state index in [1.165, 1.54) is 30.3 Å². The van der Waals surface area contributed by atoms with E-state index in [0.29, 0.717) is 5.52 Å². The van der Waals surface area contributed by atoms with Crippen LogP contribution in [0.5, 0.6) is 0 Å². The molecular weight excluding hydrogens is 340 g/mol. The van der Waals surface area contributed by atoms with E-state index in [9.17, 15) is 13.2 Å². The Balaban J connectivity index is 2.11. The highest BCUT2D eigenvalue weighted by molar-refractivity contribution is 7.93. The number of nitrogens with two attached hydrogens (primary N) is 1. The van der Waals surface area contributed by atoms with Crippen molar-refractivity contribution in [1.82, 2.24) is 8.75 Å². The number of carboxylic acid groups (broad SMARTS) is 1. The highest BCUT2D eigenvalue weighted by Crippen LogP contribution is 2.26. The van der Waals surface area contributed by atoms with Gasteiger partial charge in [0, 0.05) is 5.69 Å². The number of sulfonamides is 1. The predicted molar refractivity (Wildman–Crippen MR) is 86.0 cm³/mol. The Labute approximate surface area is 135 Å². The summed E-state index contributed by atoms with van der Waals surface area (Å²) < 4.78 is 35.4. The predicted octanol–water partition coefficient (Wildman–Crippen LogP) is 1.77. The first-order valence-electron chi connectivity index (χ1n) is 6.25. The van der Waals surface area contributed by atoms with Gasteiger partial charge >= 0.3 is 5.97 Å². The van der Waals surface area contributed by atoms with E-state index in [4.69, 9.17) is 10.8 Å². The molecule has 10 heteroatoms. The quantitative estimate of drug-likeness (QED) is 0.610. The lowest BCUT2D eigenvalue weighted by atomic mass is 10.1. The molecule has 3 rings (SSSR count). The summed E-state index contributed by atoms with van der Waals surface area (Å²) in [6.07, 6.45) is 0. The molecule has 118 valence electrons. The molecule has 23 heavy (non-hydrogen) atoms. The van der Waals surface area contributed by atoms with E-state index in [0.717, 1.165) is 11.7 Å². The molecule has 0 amide bonds. The van der Waals surface area contributed by atoms with E-state index in [-0.39, 0.29) is 27.4 Å². The number of nitrogens with one attached hydrogen (secondary N) is 1. The third-order valence-electron chi connectivity index (χ3n) is 3.06. The summed E-state index contributed by atoms with van der Waals surface area (Å²) in [5, 5.41) is 9.17. The number of hydrogen-bond acceptors (Lipinski definition) is 7. The standard InChI is InChI=1S/C13H10N4O4S2/c14-7-4-5-8(13(18)19)10(6-7)17-23(20,21)11-3-1-2-9-12(11)16-22-15-9/h1-6,17H,14H2,(H,18,19). The molecule has 0 bridgehead atoms. The highest BCUT2D eigenvalue weighted by Gasteiger charge is 2.22. The molecular formula is C13H10N4O4S2. The first kappa shape index (κ1) is 15.2. The van der Waals surface area contributed by atoms with Crippen LogP contribution in [0.15, 0.2) is 41.3 Å². The Morgan fingerprint density at radius 2 is 2.00 bits per heavy atom. The number of carboxylic acids is 1. The Bertz CT molecular complexity index is 1010. The minimum Gasteiger partial charge on any atom is -0.478 e. The monoisotopic (exact) mass is 350 g/mol. The van der Waals surface area contributed by atoms with E-state index in [2.05, 4.69) is 13.5 Å². The maximum Gasteiger partial charge on any atom is 0.337 e. The zero-order chi connectivity index (χ0) is 16.6. The minimum absolute atomic E-state index is 0.0810. The third kappa shape index (κ3) is 2.81. The fraction of sp³-hybridized carbons (Fsp3) is 0. The fourth-order valence-electron chi connectivity index (χ4n) is 2.03. The van der Waals surface area contributed by atoms with Crippen molar-refractivity contribution in [3.05, 3.63) is 42.0 Å². The molecule has 0 aliphatic rings. The average Bonchev–Trinajstić information content (AvgIpc) is 2.94. The van der Waals surface area contributed by atoms with Gasteiger partial charge in [-0.3, -0.25) is 4.72 Å². The lowest BCUT2D eigenvalue weighted by molar-refractivity contribution is 0.0698. The van der Waals surface area contributed by atoms with Crippen molar-refractivity contribution in [2.75, 3.05) is 10.5 Å². The minimum atomic E-state index is -4.05. The number of nitrogens with zero attached hydrogens (tertiary/aromatic N) is 2. The van der Waals surface area contributed by atoms with Gasteiger partial charge in [-0.25, -0.2) is 13.2 Å². The summed E-state index contributed by atoms with van der Waals surface area (Å²) in [5.74, 6) is -1.27. The molecule has 1 heterocycles. The number of nitrogen functional groups attached to an aromatic ring is 1. The largest absolute Gasteiger partial charge is 0.478 e. The number of benzene rings is 2. The van der Waals surface area contributed by atoms with Gasteiger partial charge in [0.15, 0.2) is 0 Å². The van der Waals surface area contributed by atoms with Gasteiger partial charge in [0.05, 0.1) is 23.0 Å². The van der Waals surface area contributed by atoms with Crippen LogP contribution in [0.25, 0.3) is 11.0 Å². The molecule has 0 saturated carbocycles. The third-order valence-corrected chi connectivity index (χ3v) is 5.00. The van der Waals surface area contributed by atoms with Gasteiger partial charge in [0.25, 0.3) is 10.0 Å².